The zero-order valence-corrected chi connectivity index (χ0v) is 12.3. The maximum Gasteiger partial charge on any atom is 0.128 e. The lowest BCUT2D eigenvalue weighted by Crippen LogP contribution is -1.79. The van der Waals surface area contributed by atoms with E-state index >= 15 is 0 Å². The first kappa shape index (κ1) is 12.4. The topological polar surface area (TPSA) is 33.1 Å². The zero-order valence-electron chi connectivity index (χ0n) is 11.5. The van der Waals surface area contributed by atoms with E-state index in [9.17, 15) is 5.11 Å². The summed E-state index contributed by atoms with van der Waals surface area (Å²) in [5.41, 5.74) is 2.82. The van der Waals surface area contributed by atoms with Gasteiger partial charge in [-0.25, -0.2) is 4.98 Å². The van der Waals surface area contributed by atoms with Crippen LogP contribution >= 0.6 is 11.3 Å². The van der Waals surface area contributed by atoms with Crippen LogP contribution in [0.3, 0.4) is 0 Å². The van der Waals surface area contributed by atoms with Gasteiger partial charge in [0.05, 0.1) is 15.8 Å². The van der Waals surface area contributed by atoms with Gasteiger partial charge in [-0.15, -0.1) is 11.3 Å². The number of hydrogen-bond donors (Lipinski definition) is 1. The maximum atomic E-state index is 10.1. The van der Waals surface area contributed by atoms with Gasteiger partial charge >= 0.3 is 0 Å². The maximum absolute atomic E-state index is 10.1. The SMILES string of the molecule is Cc1ccc(-c2nc3ccc4ccccc4c3s2)c(O)c1. The quantitative estimate of drug-likeness (QED) is 0.527. The molecule has 0 amide bonds. The Balaban J connectivity index is 2.00. The molecule has 4 aromatic rings. The lowest BCUT2D eigenvalue weighted by Gasteiger charge is -2.01. The predicted molar refractivity (Wildman–Crippen MR) is 89.0 cm³/mol. The minimum atomic E-state index is 0.290. The Morgan fingerprint density at radius 1 is 1.00 bits per heavy atom. The molecule has 0 aliphatic heterocycles. The second-order valence-corrected chi connectivity index (χ2v) is 6.17. The average Bonchev–Trinajstić information content (AvgIpc) is 2.91. The molecule has 0 bridgehead atoms. The molecule has 0 unspecified atom stereocenters. The first-order valence-electron chi connectivity index (χ1n) is 6.81. The van der Waals surface area contributed by atoms with Crippen molar-refractivity contribution in [1.82, 2.24) is 4.98 Å². The molecule has 0 spiro atoms. The molecule has 0 fully saturated rings. The molecule has 0 saturated carbocycles. The molecule has 2 nitrogen and oxygen atoms in total. The number of benzene rings is 3. The minimum Gasteiger partial charge on any atom is -0.507 e. The van der Waals surface area contributed by atoms with Crippen molar-refractivity contribution in [1.29, 1.82) is 0 Å². The molecule has 102 valence electrons. The van der Waals surface area contributed by atoms with E-state index in [1.807, 2.05) is 37.3 Å². The lowest BCUT2D eigenvalue weighted by atomic mass is 10.1. The Bertz CT molecular complexity index is 971. The van der Waals surface area contributed by atoms with Crippen molar-refractivity contribution in [2.45, 2.75) is 6.92 Å². The molecule has 0 saturated heterocycles. The lowest BCUT2D eigenvalue weighted by molar-refractivity contribution is 0.477. The molecule has 3 heteroatoms. The van der Waals surface area contributed by atoms with Crippen LogP contribution in [0.5, 0.6) is 5.75 Å². The fourth-order valence-corrected chi connectivity index (χ4v) is 3.73. The minimum absolute atomic E-state index is 0.290. The van der Waals surface area contributed by atoms with Crippen LogP contribution in [0.4, 0.5) is 0 Å². The van der Waals surface area contributed by atoms with Crippen molar-refractivity contribution in [3.05, 3.63) is 60.2 Å². The number of aryl methyl sites for hydroxylation is 1. The molecule has 4 rings (SSSR count). The van der Waals surface area contributed by atoms with Crippen LogP contribution in [-0.2, 0) is 0 Å². The van der Waals surface area contributed by atoms with Gasteiger partial charge in [-0.05, 0) is 36.1 Å². The largest absolute Gasteiger partial charge is 0.507 e. The fourth-order valence-electron chi connectivity index (χ4n) is 2.59. The zero-order chi connectivity index (χ0) is 14.4. The number of phenolic OH excluding ortho intramolecular Hbond substituents is 1. The summed E-state index contributed by atoms with van der Waals surface area (Å²) >= 11 is 1.63. The van der Waals surface area contributed by atoms with Gasteiger partial charge in [-0.1, -0.05) is 36.4 Å². The van der Waals surface area contributed by atoms with Gasteiger partial charge in [0.15, 0.2) is 0 Å². The number of hydrogen-bond acceptors (Lipinski definition) is 3. The van der Waals surface area contributed by atoms with E-state index in [1.165, 1.54) is 15.5 Å². The second-order valence-electron chi connectivity index (χ2n) is 5.17. The number of aromatic nitrogens is 1. The Morgan fingerprint density at radius 3 is 2.71 bits per heavy atom. The van der Waals surface area contributed by atoms with E-state index in [0.29, 0.717) is 5.75 Å². The van der Waals surface area contributed by atoms with E-state index < -0.39 is 0 Å². The normalized spacial score (nSPS) is 11.3. The van der Waals surface area contributed by atoms with Crippen molar-refractivity contribution in [3.63, 3.8) is 0 Å². The number of thiazole rings is 1. The number of phenols is 1. The van der Waals surface area contributed by atoms with Gasteiger partial charge in [0.25, 0.3) is 0 Å². The Hall–Kier alpha value is -2.39. The smallest absolute Gasteiger partial charge is 0.128 e. The highest BCUT2D eigenvalue weighted by atomic mass is 32.1. The van der Waals surface area contributed by atoms with E-state index in [4.69, 9.17) is 0 Å². The predicted octanol–water partition coefficient (Wildman–Crippen LogP) is 5.13. The molecule has 1 heterocycles. The van der Waals surface area contributed by atoms with E-state index in [1.54, 1.807) is 17.4 Å². The van der Waals surface area contributed by atoms with Gasteiger partial charge in [-0.3, -0.25) is 0 Å². The number of rotatable bonds is 1. The molecule has 0 aliphatic rings. The molecule has 0 radical (unpaired) electrons. The Kier molecular flexibility index (Phi) is 2.69. The molecule has 1 aromatic heterocycles. The third-order valence-corrected chi connectivity index (χ3v) is 4.80. The molecule has 21 heavy (non-hydrogen) atoms. The summed E-state index contributed by atoms with van der Waals surface area (Å²) in [6.07, 6.45) is 0. The third kappa shape index (κ3) is 1.98. The van der Waals surface area contributed by atoms with Crippen LogP contribution < -0.4 is 0 Å². The molecule has 3 aromatic carbocycles. The van der Waals surface area contributed by atoms with Gasteiger partial charge in [-0.2, -0.15) is 0 Å². The first-order chi connectivity index (χ1) is 10.2. The summed E-state index contributed by atoms with van der Waals surface area (Å²) in [5.74, 6) is 0.290. The van der Waals surface area contributed by atoms with Gasteiger partial charge < -0.3 is 5.11 Å². The molecule has 0 aliphatic carbocycles. The van der Waals surface area contributed by atoms with Crippen LogP contribution in [0, 0.1) is 6.92 Å². The van der Waals surface area contributed by atoms with E-state index in [0.717, 1.165) is 21.7 Å². The van der Waals surface area contributed by atoms with Gasteiger partial charge in [0, 0.05) is 5.39 Å². The standard InChI is InChI=1S/C18H13NOS/c1-11-6-8-14(16(20)10-11)18-19-15-9-7-12-4-2-3-5-13(12)17(15)21-18/h2-10,20H,1H3. The number of aromatic hydroxyl groups is 1. The third-order valence-electron chi connectivity index (χ3n) is 3.66. The van der Waals surface area contributed by atoms with Gasteiger partial charge in [0.2, 0.25) is 0 Å². The summed E-state index contributed by atoms with van der Waals surface area (Å²) < 4.78 is 1.17. The molecular weight excluding hydrogens is 278 g/mol. The average molecular weight is 291 g/mol. The first-order valence-corrected chi connectivity index (χ1v) is 7.62. The van der Waals surface area contributed by atoms with Crippen LogP contribution in [-0.4, -0.2) is 10.1 Å². The highest BCUT2D eigenvalue weighted by Crippen LogP contribution is 2.38. The van der Waals surface area contributed by atoms with Crippen molar-refractivity contribution < 1.29 is 5.11 Å². The summed E-state index contributed by atoms with van der Waals surface area (Å²) in [5, 5.41) is 13.4. The van der Waals surface area contributed by atoms with E-state index in [2.05, 4.69) is 23.2 Å². The van der Waals surface area contributed by atoms with E-state index in [-0.39, 0.29) is 0 Å². The summed E-state index contributed by atoms with van der Waals surface area (Å²) in [6, 6.07) is 18.2. The molecule has 0 atom stereocenters. The monoisotopic (exact) mass is 291 g/mol. The van der Waals surface area contributed by atoms with Crippen LogP contribution in [0.2, 0.25) is 0 Å². The molecular formula is C18H13NOS. The highest BCUT2D eigenvalue weighted by Gasteiger charge is 2.12. The summed E-state index contributed by atoms with van der Waals surface area (Å²) in [4.78, 5) is 4.68. The van der Waals surface area contributed by atoms with Gasteiger partial charge in [0.1, 0.15) is 10.8 Å². The highest BCUT2D eigenvalue weighted by molar-refractivity contribution is 7.22. The number of fused-ring (bicyclic) bond motifs is 3. The van der Waals surface area contributed by atoms with Crippen LogP contribution in [0.15, 0.2) is 54.6 Å². The van der Waals surface area contributed by atoms with Crippen LogP contribution in [0.25, 0.3) is 31.6 Å². The van der Waals surface area contributed by atoms with Crippen molar-refractivity contribution in [2.75, 3.05) is 0 Å². The fraction of sp³-hybridized carbons (Fsp3) is 0.0556. The van der Waals surface area contributed by atoms with Crippen molar-refractivity contribution in [2.24, 2.45) is 0 Å². The van der Waals surface area contributed by atoms with Crippen LogP contribution in [0.1, 0.15) is 5.56 Å². The second kappa shape index (κ2) is 4.57. The van der Waals surface area contributed by atoms with Crippen molar-refractivity contribution in [3.8, 4) is 16.3 Å². The van der Waals surface area contributed by atoms with Crippen molar-refractivity contribution >= 4 is 32.3 Å². The number of nitrogens with zero attached hydrogens (tertiary/aromatic N) is 1. The Labute approximate surface area is 126 Å². The summed E-state index contributed by atoms with van der Waals surface area (Å²) in [7, 11) is 0. The molecule has 1 N–H and O–H groups in total. The Morgan fingerprint density at radius 2 is 1.86 bits per heavy atom. The summed E-state index contributed by atoms with van der Waals surface area (Å²) in [6.45, 7) is 1.97.